The van der Waals surface area contributed by atoms with Crippen LogP contribution in [0.1, 0.15) is 40.5 Å². The monoisotopic (exact) mass is 203 g/mol. The fraction of sp³-hybridized carbons (Fsp3) is 1.00. The molecule has 2 atom stereocenters. The van der Waals surface area contributed by atoms with Gasteiger partial charge in [0.05, 0.1) is 5.60 Å². The van der Waals surface area contributed by atoms with Crippen molar-refractivity contribution in [2.45, 2.75) is 52.2 Å². The van der Waals surface area contributed by atoms with Gasteiger partial charge < -0.3 is 15.5 Å². The van der Waals surface area contributed by atoms with Crippen molar-refractivity contribution in [3.8, 4) is 0 Å². The molecule has 3 nitrogen and oxygen atoms in total. The Balaban J connectivity index is 3.70. The summed E-state index contributed by atoms with van der Waals surface area (Å²) in [7, 11) is 0. The molecule has 2 unspecified atom stereocenters. The SMILES string of the molecule is CC(CCCO)NCC(C)(O)C(C)C. The average Bonchev–Trinajstić information content (AvgIpc) is 2.11. The minimum atomic E-state index is -0.645. The van der Waals surface area contributed by atoms with E-state index in [0.717, 1.165) is 12.8 Å². The van der Waals surface area contributed by atoms with E-state index >= 15 is 0 Å². The van der Waals surface area contributed by atoms with Gasteiger partial charge in [-0.15, -0.1) is 0 Å². The first kappa shape index (κ1) is 13.9. The van der Waals surface area contributed by atoms with Crippen LogP contribution >= 0.6 is 0 Å². The van der Waals surface area contributed by atoms with Crippen molar-refractivity contribution in [1.29, 1.82) is 0 Å². The summed E-state index contributed by atoms with van der Waals surface area (Å²) in [5.41, 5.74) is -0.645. The van der Waals surface area contributed by atoms with E-state index in [2.05, 4.69) is 12.2 Å². The summed E-state index contributed by atoms with van der Waals surface area (Å²) in [6.07, 6.45) is 1.77. The van der Waals surface area contributed by atoms with Crippen molar-refractivity contribution in [3.05, 3.63) is 0 Å². The zero-order chi connectivity index (χ0) is 11.2. The smallest absolute Gasteiger partial charge is 0.0766 e. The summed E-state index contributed by atoms with van der Waals surface area (Å²) in [5, 5.41) is 21.9. The molecule has 0 amide bonds. The molecule has 0 aliphatic heterocycles. The third-order valence-electron chi connectivity index (χ3n) is 2.85. The summed E-state index contributed by atoms with van der Waals surface area (Å²) >= 11 is 0. The van der Waals surface area contributed by atoms with Crippen molar-refractivity contribution in [2.24, 2.45) is 5.92 Å². The number of hydrogen-bond donors (Lipinski definition) is 3. The molecule has 0 aliphatic carbocycles. The Morgan fingerprint density at radius 2 is 1.86 bits per heavy atom. The standard InChI is InChI=1S/C11H25NO2/c1-9(2)11(4,14)8-12-10(3)6-5-7-13/h9-10,12-14H,5-8H2,1-4H3. The summed E-state index contributed by atoms with van der Waals surface area (Å²) in [5.74, 6) is 0.250. The molecule has 86 valence electrons. The van der Waals surface area contributed by atoms with Gasteiger partial charge in [0.25, 0.3) is 0 Å². The molecule has 0 bridgehead atoms. The van der Waals surface area contributed by atoms with Gasteiger partial charge in [-0.1, -0.05) is 13.8 Å². The van der Waals surface area contributed by atoms with Gasteiger partial charge in [0.15, 0.2) is 0 Å². The van der Waals surface area contributed by atoms with Crippen LogP contribution in [0.3, 0.4) is 0 Å². The van der Waals surface area contributed by atoms with E-state index < -0.39 is 5.60 Å². The third kappa shape index (κ3) is 5.58. The van der Waals surface area contributed by atoms with Gasteiger partial charge in [0.1, 0.15) is 0 Å². The first-order chi connectivity index (χ1) is 6.40. The van der Waals surface area contributed by atoms with E-state index in [1.165, 1.54) is 0 Å². The average molecular weight is 203 g/mol. The number of aliphatic hydroxyl groups excluding tert-OH is 1. The zero-order valence-electron chi connectivity index (χ0n) is 9.88. The highest BCUT2D eigenvalue weighted by molar-refractivity contribution is 4.80. The van der Waals surface area contributed by atoms with Crippen LogP contribution in [0.2, 0.25) is 0 Å². The Kier molecular flexibility index (Phi) is 6.33. The van der Waals surface area contributed by atoms with E-state index in [0.29, 0.717) is 12.6 Å². The second-order valence-corrected chi connectivity index (χ2v) is 4.66. The molecule has 0 aromatic heterocycles. The molecule has 0 spiro atoms. The highest BCUT2D eigenvalue weighted by Gasteiger charge is 2.24. The molecule has 0 fully saturated rings. The molecule has 0 aromatic carbocycles. The third-order valence-corrected chi connectivity index (χ3v) is 2.85. The van der Waals surface area contributed by atoms with Gasteiger partial charge in [-0.2, -0.15) is 0 Å². The summed E-state index contributed by atoms with van der Waals surface area (Å²) in [6, 6.07) is 0.354. The predicted octanol–water partition coefficient (Wildman–Crippen LogP) is 1.14. The van der Waals surface area contributed by atoms with Crippen molar-refractivity contribution >= 4 is 0 Å². The van der Waals surface area contributed by atoms with Crippen molar-refractivity contribution < 1.29 is 10.2 Å². The molecule has 0 radical (unpaired) electrons. The lowest BCUT2D eigenvalue weighted by molar-refractivity contribution is 0.0119. The van der Waals surface area contributed by atoms with Crippen LogP contribution in [-0.4, -0.2) is 35.0 Å². The summed E-state index contributed by atoms with van der Waals surface area (Å²) in [6.45, 7) is 8.81. The van der Waals surface area contributed by atoms with Crippen LogP contribution in [0.15, 0.2) is 0 Å². The predicted molar refractivity (Wildman–Crippen MR) is 59.2 cm³/mol. The Bertz CT molecular complexity index is 146. The maximum atomic E-state index is 9.95. The Morgan fingerprint density at radius 3 is 2.29 bits per heavy atom. The minimum absolute atomic E-state index is 0.243. The molecule has 14 heavy (non-hydrogen) atoms. The molecule has 0 aliphatic rings. The molecule has 0 aromatic rings. The molecule has 0 heterocycles. The molecule has 3 heteroatoms. The van der Waals surface area contributed by atoms with Gasteiger partial charge in [-0.25, -0.2) is 0 Å². The first-order valence-electron chi connectivity index (χ1n) is 5.46. The van der Waals surface area contributed by atoms with E-state index in [1.807, 2.05) is 20.8 Å². The molecule has 0 saturated heterocycles. The number of rotatable bonds is 7. The second-order valence-electron chi connectivity index (χ2n) is 4.66. The zero-order valence-corrected chi connectivity index (χ0v) is 9.88. The number of hydrogen-bond acceptors (Lipinski definition) is 3. The van der Waals surface area contributed by atoms with E-state index in [9.17, 15) is 5.11 Å². The largest absolute Gasteiger partial charge is 0.396 e. The lowest BCUT2D eigenvalue weighted by Gasteiger charge is -2.29. The van der Waals surface area contributed by atoms with Crippen LogP contribution < -0.4 is 5.32 Å². The van der Waals surface area contributed by atoms with Crippen molar-refractivity contribution in [1.82, 2.24) is 5.32 Å². The van der Waals surface area contributed by atoms with Gasteiger partial charge >= 0.3 is 0 Å². The quantitative estimate of drug-likeness (QED) is 0.581. The topological polar surface area (TPSA) is 52.5 Å². The molecular weight excluding hydrogens is 178 g/mol. The molecule has 0 rings (SSSR count). The van der Waals surface area contributed by atoms with Crippen LogP contribution in [0.25, 0.3) is 0 Å². The highest BCUT2D eigenvalue weighted by atomic mass is 16.3. The number of aliphatic hydroxyl groups is 2. The molecule has 0 saturated carbocycles. The fourth-order valence-corrected chi connectivity index (χ4v) is 1.08. The van der Waals surface area contributed by atoms with E-state index in [1.54, 1.807) is 0 Å². The summed E-state index contributed by atoms with van der Waals surface area (Å²) < 4.78 is 0. The lowest BCUT2D eigenvalue weighted by atomic mass is 9.92. The Morgan fingerprint density at radius 1 is 1.29 bits per heavy atom. The molecular formula is C11H25NO2. The maximum Gasteiger partial charge on any atom is 0.0766 e. The van der Waals surface area contributed by atoms with Crippen LogP contribution in [0.5, 0.6) is 0 Å². The van der Waals surface area contributed by atoms with Crippen LogP contribution in [-0.2, 0) is 0 Å². The van der Waals surface area contributed by atoms with Crippen molar-refractivity contribution in [3.63, 3.8) is 0 Å². The maximum absolute atomic E-state index is 9.95. The molecule has 3 N–H and O–H groups in total. The minimum Gasteiger partial charge on any atom is -0.396 e. The van der Waals surface area contributed by atoms with Gasteiger partial charge in [-0.05, 0) is 32.6 Å². The lowest BCUT2D eigenvalue weighted by Crippen LogP contribution is -2.45. The van der Waals surface area contributed by atoms with Crippen LogP contribution in [0.4, 0.5) is 0 Å². The second kappa shape index (κ2) is 6.38. The van der Waals surface area contributed by atoms with Gasteiger partial charge in [-0.3, -0.25) is 0 Å². The van der Waals surface area contributed by atoms with Gasteiger partial charge in [0.2, 0.25) is 0 Å². The Labute approximate surface area is 87.5 Å². The van der Waals surface area contributed by atoms with E-state index in [-0.39, 0.29) is 12.5 Å². The normalized spacial score (nSPS) is 18.2. The fourth-order valence-electron chi connectivity index (χ4n) is 1.08. The van der Waals surface area contributed by atoms with Crippen LogP contribution in [0, 0.1) is 5.92 Å². The van der Waals surface area contributed by atoms with Gasteiger partial charge in [0, 0.05) is 19.2 Å². The highest BCUT2D eigenvalue weighted by Crippen LogP contribution is 2.14. The van der Waals surface area contributed by atoms with E-state index in [4.69, 9.17) is 5.11 Å². The Hall–Kier alpha value is -0.120. The first-order valence-corrected chi connectivity index (χ1v) is 5.46. The summed E-state index contributed by atoms with van der Waals surface area (Å²) in [4.78, 5) is 0. The van der Waals surface area contributed by atoms with Crippen molar-refractivity contribution in [2.75, 3.05) is 13.2 Å². The number of nitrogens with one attached hydrogen (secondary N) is 1.